The SMILES string of the molecule is Cc1cccc(C)c1NC(=O)N(C)Cc1ccco1. The molecule has 1 N–H and O–H groups in total. The summed E-state index contributed by atoms with van der Waals surface area (Å²) < 4.78 is 5.23. The van der Waals surface area contributed by atoms with Crippen LogP contribution in [0.3, 0.4) is 0 Å². The van der Waals surface area contributed by atoms with E-state index in [2.05, 4.69) is 5.32 Å². The van der Waals surface area contributed by atoms with E-state index in [1.54, 1.807) is 18.2 Å². The van der Waals surface area contributed by atoms with Crippen molar-refractivity contribution in [3.63, 3.8) is 0 Å². The van der Waals surface area contributed by atoms with Crippen LogP contribution in [0.4, 0.5) is 10.5 Å². The summed E-state index contributed by atoms with van der Waals surface area (Å²) in [5, 5.41) is 2.94. The number of rotatable bonds is 3. The maximum absolute atomic E-state index is 12.1. The number of urea groups is 1. The molecule has 0 radical (unpaired) electrons. The number of para-hydroxylation sites is 1. The van der Waals surface area contributed by atoms with E-state index in [4.69, 9.17) is 4.42 Å². The summed E-state index contributed by atoms with van der Waals surface area (Å²) >= 11 is 0. The smallest absolute Gasteiger partial charge is 0.322 e. The van der Waals surface area contributed by atoms with Crippen molar-refractivity contribution in [1.82, 2.24) is 4.90 Å². The fraction of sp³-hybridized carbons (Fsp3) is 0.267. The number of nitrogens with one attached hydrogen (secondary N) is 1. The monoisotopic (exact) mass is 258 g/mol. The Morgan fingerprint density at radius 3 is 2.47 bits per heavy atom. The van der Waals surface area contributed by atoms with E-state index in [-0.39, 0.29) is 6.03 Å². The van der Waals surface area contributed by atoms with Crippen molar-refractivity contribution in [3.8, 4) is 0 Å². The van der Waals surface area contributed by atoms with Gasteiger partial charge in [0.05, 0.1) is 12.8 Å². The third-order valence-corrected chi connectivity index (χ3v) is 3.03. The minimum absolute atomic E-state index is 0.145. The maximum atomic E-state index is 12.1. The van der Waals surface area contributed by atoms with E-state index < -0.39 is 0 Å². The van der Waals surface area contributed by atoms with Gasteiger partial charge in [-0.2, -0.15) is 0 Å². The molecule has 4 heteroatoms. The van der Waals surface area contributed by atoms with Gasteiger partial charge < -0.3 is 14.6 Å². The summed E-state index contributed by atoms with van der Waals surface area (Å²) in [5.74, 6) is 0.763. The number of carbonyl (C=O) groups is 1. The van der Waals surface area contributed by atoms with Gasteiger partial charge in [0, 0.05) is 12.7 Å². The second-order valence-electron chi connectivity index (χ2n) is 4.63. The lowest BCUT2D eigenvalue weighted by molar-refractivity contribution is 0.216. The molecule has 2 aromatic rings. The Kier molecular flexibility index (Phi) is 3.90. The zero-order valence-corrected chi connectivity index (χ0v) is 11.4. The third kappa shape index (κ3) is 3.16. The number of aryl methyl sites for hydroxylation is 2. The quantitative estimate of drug-likeness (QED) is 0.914. The summed E-state index contributed by atoms with van der Waals surface area (Å²) in [6.07, 6.45) is 1.60. The highest BCUT2D eigenvalue weighted by Crippen LogP contribution is 2.20. The summed E-state index contributed by atoms with van der Waals surface area (Å²) in [4.78, 5) is 13.7. The van der Waals surface area contributed by atoms with Crippen LogP contribution in [0.2, 0.25) is 0 Å². The average Bonchev–Trinajstić information content (AvgIpc) is 2.86. The molecular weight excluding hydrogens is 240 g/mol. The number of hydrogen-bond acceptors (Lipinski definition) is 2. The van der Waals surface area contributed by atoms with Crippen molar-refractivity contribution in [2.45, 2.75) is 20.4 Å². The molecule has 2 rings (SSSR count). The van der Waals surface area contributed by atoms with Gasteiger partial charge >= 0.3 is 6.03 Å². The van der Waals surface area contributed by atoms with Gasteiger partial charge in [0.2, 0.25) is 0 Å². The predicted molar refractivity (Wildman–Crippen MR) is 75.1 cm³/mol. The largest absolute Gasteiger partial charge is 0.467 e. The third-order valence-electron chi connectivity index (χ3n) is 3.03. The molecule has 0 bridgehead atoms. The van der Waals surface area contributed by atoms with Crippen LogP contribution >= 0.6 is 0 Å². The van der Waals surface area contributed by atoms with Crippen molar-refractivity contribution >= 4 is 11.7 Å². The number of carbonyl (C=O) groups excluding carboxylic acids is 1. The van der Waals surface area contributed by atoms with Crippen LogP contribution in [0.5, 0.6) is 0 Å². The molecule has 1 aromatic heterocycles. The van der Waals surface area contributed by atoms with Gasteiger partial charge in [-0.1, -0.05) is 18.2 Å². The fourth-order valence-electron chi connectivity index (χ4n) is 1.92. The van der Waals surface area contributed by atoms with Crippen LogP contribution in [-0.4, -0.2) is 18.0 Å². The van der Waals surface area contributed by atoms with E-state index >= 15 is 0 Å². The summed E-state index contributed by atoms with van der Waals surface area (Å²) in [7, 11) is 1.74. The second-order valence-corrected chi connectivity index (χ2v) is 4.63. The number of furan rings is 1. The van der Waals surface area contributed by atoms with Crippen molar-refractivity contribution in [3.05, 3.63) is 53.5 Å². The van der Waals surface area contributed by atoms with Crippen LogP contribution < -0.4 is 5.32 Å². The van der Waals surface area contributed by atoms with E-state index in [9.17, 15) is 4.79 Å². The Hall–Kier alpha value is -2.23. The molecule has 0 spiro atoms. The van der Waals surface area contributed by atoms with Crippen LogP contribution in [-0.2, 0) is 6.54 Å². The Morgan fingerprint density at radius 1 is 1.21 bits per heavy atom. The molecule has 0 fully saturated rings. The first-order valence-electron chi connectivity index (χ1n) is 6.18. The van der Waals surface area contributed by atoms with Gasteiger partial charge in [-0.15, -0.1) is 0 Å². The number of hydrogen-bond donors (Lipinski definition) is 1. The lowest BCUT2D eigenvalue weighted by Gasteiger charge is -2.18. The molecule has 1 heterocycles. The molecule has 4 nitrogen and oxygen atoms in total. The van der Waals surface area contributed by atoms with Crippen molar-refractivity contribution in [2.24, 2.45) is 0 Å². The highest BCUT2D eigenvalue weighted by molar-refractivity contribution is 5.90. The molecule has 0 saturated carbocycles. The number of amides is 2. The Labute approximate surface area is 113 Å². The van der Waals surface area contributed by atoms with Gasteiger partial charge in [0.1, 0.15) is 5.76 Å². The number of nitrogens with zero attached hydrogens (tertiary/aromatic N) is 1. The minimum atomic E-state index is -0.145. The van der Waals surface area contributed by atoms with Crippen molar-refractivity contribution in [2.75, 3.05) is 12.4 Å². The molecule has 1 aromatic carbocycles. The number of benzene rings is 1. The van der Waals surface area contributed by atoms with Gasteiger partial charge in [0.25, 0.3) is 0 Å². The van der Waals surface area contributed by atoms with E-state index in [0.29, 0.717) is 6.54 Å². The second kappa shape index (κ2) is 5.61. The van der Waals surface area contributed by atoms with Gasteiger partial charge in [-0.05, 0) is 37.1 Å². The zero-order valence-electron chi connectivity index (χ0n) is 11.4. The number of anilines is 1. The van der Waals surface area contributed by atoms with E-state index in [0.717, 1.165) is 22.6 Å². The molecule has 19 heavy (non-hydrogen) atoms. The summed E-state index contributed by atoms with van der Waals surface area (Å²) in [6, 6.07) is 9.46. The highest BCUT2D eigenvalue weighted by atomic mass is 16.3. The Balaban J connectivity index is 2.04. The van der Waals surface area contributed by atoms with Crippen LogP contribution in [0.1, 0.15) is 16.9 Å². The molecule has 0 aliphatic rings. The Bertz CT molecular complexity index is 541. The molecule has 0 unspecified atom stereocenters. The molecule has 0 saturated heterocycles. The average molecular weight is 258 g/mol. The van der Waals surface area contributed by atoms with Crippen LogP contribution in [0, 0.1) is 13.8 Å². The van der Waals surface area contributed by atoms with Crippen LogP contribution in [0.25, 0.3) is 0 Å². The standard InChI is InChI=1S/C15H18N2O2/c1-11-6-4-7-12(2)14(11)16-15(18)17(3)10-13-8-5-9-19-13/h4-9H,10H2,1-3H3,(H,16,18). The normalized spacial score (nSPS) is 10.3. The zero-order chi connectivity index (χ0) is 13.8. The topological polar surface area (TPSA) is 45.5 Å². The lowest BCUT2D eigenvalue weighted by Crippen LogP contribution is -2.31. The Morgan fingerprint density at radius 2 is 1.89 bits per heavy atom. The van der Waals surface area contributed by atoms with Gasteiger partial charge in [-0.3, -0.25) is 0 Å². The summed E-state index contributed by atoms with van der Waals surface area (Å²) in [6.45, 7) is 4.41. The molecule has 2 amide bonds. The summed E-state index contributed by atoms with van der Waals surface area (Å²) in [5.41, 5.74) is 2.98. The molecule has 0 aliphatic heterocycles. The first kappa shape index (κ1) is 13.2. The van der Waals surface area contributed by atoms with Gasteiger partial charge in [0.15, 0.2) is 0 Å². The predicted octanol–water partition coefficient (Wildman–Crippen LogP) is 3.56. The van der Waals surface area contributed by atoms with Crippen molar-refractivity contribution in [1.29, 1.82) is 0 Å². The minimum Gasteiger partial charge on any atom is -0.467 e. The molecule has 0 aliphatic carbocycles. The molecule has 100 valence electrons. The fourth-order valence-corrected chi connectivity index (χ4v) is 1.92. The van der Waals surface area contributed by atoms with Gasteiger partial charge in [-0.25, -0.2) is 4.79 Å². The van der Waals surface area contributed by atoms with Crippen LogP contribution in [0.15, 0.2) is 41.0 Å². The molecular formula is C15H18N2O2. The maximum Gasteiger partial charge on any atom is 0.322 e. The first-order valence-corrected chi connectivity index (χ1v) is 6.18. The molecule has 0 atom stereocenters. The first-order chi connectivity index (χ1) is 9.08. The van der Waals surface area contributed by atoms with E-state index in [1.807, 2.05) is 44.2 Å². The van der Waals surface area contributed by atoms with E-state index in [1.165, 1.54) is 0 Å². The van der Waals surface area contributed by atoms with Crippen molar-refractivity contribution < 1.29 is 9.21 Å². The highest BCUT2D eigenvalue weighted by Gasteiger charge is 2.12. The lowest BCUT2D eigenvalue weighted by atomic mass is 10.1.